The third-order valence-corrected chi connectivity index (χ3v) is 3.20. The summed E-state index contributed by atoms with van der Waals surface area (Å²) in [5, 5.41) is 14.2. The van der Waals surface area contributed by atoms with Gasteiger partial charge in [-0.1, -0.05) is 18.9 Å². The van der Waals surface area contributed by atoms with Gasteiger partial charge in [-0.05, 0) is 30.5 Å². The molecule has 0 aliphatic heterocycles. The minimum absolute atomic E-state index is 0.0268. The molecule has 5 heteroatoms. The molecule has 1 aromatic rings. The topological polar surface area (TPSA) is 64.4 Å². The average Bonchev–Trinajstić information content (AvgIpc) is 3.18. The molecule has 1 aromatic carbocycles. The second kappa shape index (κ2) is 5.82. The van der Waals surface area contributed by atoms with Gasteiger partial charge in [-0.2, -0.15) is 0 Å². The number of rotatable bonds is 7. The van der Waals surface area contributed by atoms with Crippen LogP contribution < -0.4 is 10.1 Å². The van der Waals surface area contributed by atoms with Crippen LogP contribution in [-0.2, 0) is 6.54 Å². The van der Waals surface area contributed by atoms with Gasteiger partial charge in [0.2, 0.25) is 0 Å². The molecule has 0 saturated heterocycles. The van der Waals surface area contributed by atoms with E-state index < -0.39 is 4.92 Å². The average molecular weight is 250 g/mol. The maximum absolute atomic E-state index is 10.9. The molecule has 1 saturated carbocycles. The van der Waals surface area contributed by atoms with Gasteiger partial charge in [0.15, 0.2) is 5.75 Å². The molecule has 2 rings (SSSR count). The number of nitro groups is 1. The van der Waals surface area contributed by atoms with Crippen LogP contribution in [0.4, 0.5) is 5.69 Å². The zero-order valence-corrected chi connectivity index (χ0v) is 10.5. The van der Waals surface area contributed by atoms with Crippen LogP contribution in [-0.4, -0.2) is 18.6 Å². The van der Waals surface area contributed by atoms with E-state index in [2.05, 4.69) is 5.32 Å². The summed E-state index contributed by atoms with van der Waals surface area (Å²) >= 11 is 0. The standard InChI is InChI=1S/C13H18N2O3/c1-18-13-5-4-11(8-12(13)15(16)17)9-14-7-6-10-2-3-10/h4-5,8,10,14H,2-3,6-7,9H2,1H3. The van der Waals surface area contributed by atoms with Crippen molar-refractivity contribution in [1.29, 1.82) is 0 Å². The quantitative estimate of drug-likeness (QED) is 0.459. The minimum atomic E-state index is -0.410. The van der Waals surface area contributed by atoms with Crippen molar-refractivity contribution in [3.63, 3.8) is 0 Å². The number of nitrogens with one attached hydrogen (secondary N) is 1. The highest BCUT2D eigenvalue weighted by Crippen LogP contribution is 2.31. The lowest BCUT2D eigenvalue weighted by molar-refractivity contribution is -0.385. The summed E-state index contributed by atoms with van der Waals surface area (Å²) in [6, 6.07) is 5.08. The first kappa shape index (κ1) is 12.8. The van der Waals surface area contributed by atoms with Crippen molar-refractivity contribution < 1.29 is 9.66 Å². The summed E-state index contributed by atoms with van der Waals surface area (Å²) in [5.74, 6) is 1.21. The van der Waals surface area contributed by atoms with Gasteiger partial charge in [-0.3, -0.25) is 10.1 Å². The number of hydrogen-bond donors (Lipinski definition) is 1. The fourth-order valence-electron chi connectivity index (χ4n) is 1.93. The Morgan fingerprint density at radius 3 is 2.89 bits per heavy atom. The Labute approximate surface area is 106 Å². The van der Waals surface area contributed by atoms with Crippen molar-refractivity contribution >= 4 is 5.69 Å². The van der Waals surface area contributed by atoms with Crippen molar-refractivity contribution in [3.8, 4) is 5.75 Å². The van der Waals surface area contributed by atoms with E-state index in [0.717, 1.165) is 18.0 Å². The zero-order chi connectivity index (χ0) is 13.0. The van der Waals surface area contributed by atoms with Crippen LogP contribution in [0.25, 0.3) is 0 Å². The van der Waals surface area contributed by atoms with Gasteiger partial charge in [0.1, 0.15) is 0 Å². The Morgan fingerprint density at radius 2 is 2.28 bits per heavy atom. The normalized spacial score (nSPS) is 14.5. The molecular formula is C13H18N2O3. The summed E-state index contributed by atoms with van der Waals surface area (Å²) < 4.78 is 4.96. The summed E-state index contributed by atoms with van der Waals surface area (Å²) in [6.45, 7) is 1.64. The van der Waals surface area contributed by atoms with E-state index in [1.54, 1.807) is 12.1 Å². The van der Waals surface area contributed by atoms with Crippen molar-refractivity contribution in [2.45, 2.75) is 25.8 Å². The van der Waals surface area contributed by atoms with Crippen molar-refractivity contribution in [3.05, 3.63) is 33.9 Å². The lowest BCUT2D eigenvalue weighted by Gasteiger charge is -2.06. The zero-order valence-electron chi connectivity index (χ0n) is 10.5. The van der Waals surface area contributed by atoms with Crippen LogP contribution in [0.5, 0.6) is 5.75 Å². The number of methoxy groups -OCH3 is 1. The van der Waals surface area contributed by atoms with Gasteiger partial charge in [-0.25, -0.2) is 0 Å². The Hall–Kier alpha value is -1.62. The Balaban J connectivity index is 1.90. The van der Waals surface area contributed by atoms with E-state index in [4.69, 9.17) is 4.74 Å². The third-order valence-electron chi connectivity index (χ3n) is 3.20. The number of nitro benzene ring substituents is 1. The van der Waals surface area contributed by atoms with Crippen molar-refractivity contribution in [2.75, 3.05) is 13.7 Å². The summed E-state index contributed by atoms with van der Waals surface area (Å²) in [6.07, 6.45) is 3.92. The molecule has 0 unspecified atom stereocenters. The molecule has 0 atom stereocenters. The molecule has 98 valence electrons. The minimum Gasteiger partial charge on any atom is -0.490 e. The van der Waals surface area contributed by atoms with Crippen molar-refractivity contribution in [2.24, 2.45) is 5.92 Å². The van der Waals surface area contributed by atoms with Crippen LogP contribution in [0.2, 0.25) is 0 Å². The Bertz CT molecular complexity index is 430. The Kier molecular flexibility index (Phi) is 4.15. The molecule has 1 aliphatic rings. The highest BCUT2D eigenvalue weighted by atomic mass is 16.6. The van der Waals surface area contributed by atoms with E-state index in [1.165, 1.54) is 26.4 Å². The molecular weight excluding hydrogens is 232 g/mol. The smallest absolute Gasteiger partial charge is 0.311 e. The molecule has 18 heavy (non-hydrogen) atoms. The summed E-state index contributed by atoms with van der Waals surface area (Å²) in [5.41, 5.74) is 0.942. The van der Waals surface area contributed by atoms with Gasteiger partial charge in [0, 0.05) is 12.6 Å². The second-order valence-corrected chi connectivity index (χ2v) is 4.67. The van der Waals surface area contributed by atoms with Crippen molar-refractivity contribution in [1.82, 2.24) is 5.32 Å². The maximum Gasteiger partial charge on any atom is 0.311 e. The van der Waals surface area contributed by atoms with Gasteiger partial charge in [0.05, 0.1) is 12.0 Å². The number of ether oxygens (including phenoxy) is 1. The van der Waals surface area contributed by atoms with Crippen LogP contribution in [0.1, 0.15) is 24.8 Å². The SMILES string of the molecule is COc1ccc(CNCCC2CC2)cc1[N+](=O)[O-]. The third kappa shape index (κ3) is 3.43. The van der Waals surface area contributed by atoms with E-state index in [1.807, 2.05) is 6.07 Å². The van der Waals surface area contributed by atoms with Gasteiger partial charge in [0.25, 0.3) is 0 Å². The largest absolute Gasteiger partial charge is 0.490 e. The highest BCUT2D eigenvalue weighted by molar-refractivity contribution is 5.48. The van der Waals surface area contributed by atoms with Crippen LogP contribution >= 0.6 is 0 Å². The number of nitrogens with zero attached hydrogens (tertiary/aromatic N) is 1. The van der Waals surface area contributed by atoms with Crippen LogP contribution in [0, 0.1) is 16.0 Å². The van der Waals surface area contributed by atoms with E-state index in [0.29, 0.717) is 12.3 Å². The molecule has 0 spiro atoms. The molecule has 0 bridgehead atoms. The molecule has 0 radical (unpaired) electrons. The first-order valence-corrected chi connectivity index (χ1v) is 6.22. The van der Waals surface area contributed by atoms with E-state index in [9.17, 15) is 10.1 Å². The number of hydrogen-bond acceptors (Lipinski definition) is 4. The first-order chi connectivity index (χ1) is 8.70. The monoisotopic (exact) mass is 250 g/mol. The van der Waals surface area contributed by atoms with E-state index in [-0.39, 0.29) is 5.69 Å². The first-order valence-electron chi connectivity index (χ1n) is 6.22. The van der Waals surface area contributed by atoms with E-state index >= 15 is 0 Å². The molecule has 5 nitrogen and oxygen atoms in total. The fraction of sp³-hybridized carbons (Fsp3) is 0.538. The number of benzene rings is 1. The van der Waals surface area contributed by atoms with Gasteiger partial charge in [-0.15, -0.1) is 0 Å². The Morgan fingerprint density at radius 1 is 1.50 bits per heavy atom. The molecule has 0 amide bonds. The predicted octanol–water partition coefficient (Wildman–Crippen LogP) is 2.49. The summed E-state index contributed by atoms with van der Waals surface area (Å²) in [4.78, 5) is 10.5. The molecule has 0 heterocycles. The molecule has 1 fully saturated rings. The fourth-order valence-corrected chi connectivity index (χ4v) is 1.93. The highest BCUT2D eigenvalue weighted by Gasteiger charge is 2.20. The molecule has 1 aliphatic carbocycles. The molecule has 0 aromatic heterocycles. The second-order valence-electron chi connectivity index (χ2n) is 4.67. The molecule has 1 N–H and O–H groups in total. The van der Waals surface area contributed by atoms with Gasteiger partial charge >= 0.3 is 5.69 Å². The van der Waals surface area contributed by atoms with Gasteiger partial charge < -0.3 is 10.1 Å². The van der Waals surface area contributed by atoms with Crippen LogP contribution in [0.15, 0.2) is 18.2 Å². The maximum atomic E-state index is 10.9. The predicted molar refractivity (Wildman–Crippen MR) is 68.7 cm³/mol. The summed E-state index contributed by atoms with van der Waals surface area (Å²) in [7, 11) is 1.44. The lowest BCUT2D eigenvalue weighted by Crippen LogP contribution is -2.15. The lowest BCUT2D eigenvalue weighted by atomic mass is 10.2. The van der Waals surface area contributed by atoms with Crippen LogP contribution in [0.3, 0.4) is 0 Å².